The third-order valence-corrected chi connectivity index (χ3v) is 5.55. The zero-order chi connectivity index (χ0) is 18.8. The molecule has 1 fully saturated rings. The van der Waals surface area contributed by atoms with E-state index in [1.165, 1.54) is 28.3 Å². The normalized spacial score (nSPS) is 17.2. The molecule has 4 heterocycles. The number of nitrogens with zero attached hydrogens (tertiary/aromatic N) is 5. The summed E-state index contributed by atoms with van der Waals surface area (Å²) in [5.74, 6) is 0.234. The molecule has 1 saturated heterocycles. The van der Waals surface area contributed by atoms with Crippen molar-refractivity contribution in [1.82, 2.24) is 24.9 Å². The number of fused-ring (bicyclic) bond motifs is 1. The highest BCUT2D eigenvalue weighted by Crippen LogP contribution is 2.27. The fraction of sp³-hybridized carbons (Fsp3) is 0.389. The molecule has 27 heavy (non-hydrogen) atoms. The van der Waals surface area contributed by atoms with Crippen LogP contribution in [0.1, 0.15) is 35.8 Å². The van der Waals surface area contributed by atoms with Crippen LogP contribution in [0.4, 0.5) is 5.13 Å². The summed E-state index contributed by atoms with van der Waals surface area (Å²) >= 11 is 1.34. The maximum Gasteiger partial charge on any atom is 0.274 e. The van der Waals surface area contributed by atoms with Crippen LogP contribution >= 0.6 is 11.3 Å². The molecule has 0 bridgehead atoms. The van der Waals surface area contributed by atoms with Gasteiger partial charge >= 0.3 is 0 Å². The van der Waals surface area contributed by atoms with Gasteiger partial charge in [-0.05, 0) is 30.4 Å². The molecule has 1 N–H and O–H groups in total. The second-order valence-electron chi connectivity index (χ2n) is 6.80. The van der Waals surface area contributed by atoms with Crippen LogP contribution in [0.15, 0.2) is 35.4 Å². The van der Waals surface area contributed by atoms with Crippen LogP contribution in [-0.2, 0) is 6.54 Å². The molecule has 3 aromatic heterocycles. The first-order valence-corrected chi connectivity index (χ1v) is 9.75. The smallest absolute Gasteiger partial charge is 0.274 e. The number of amides is 1. The second kappa shape index (κ2) is 7.43. The molecule has 1 aliphatic rings. The van der Waals surface area contributed by atoms with Gasteiger partial charge in [-0.3, -0.25) is 14.6 Å². The van der Waals surface area contributed by atoms with E-state index >= 15 is 0 Å². The van der Waals surface area contributed by atoms with Crippen molar-refractivity contribution < 1.29 is 4.79 Å². The van der Waals surface area contributed by atoms with Crippen molar-refractivity contribution in [3.63, 3.8) is 0 Å². The van der Waals surface area contributed by atoms with Gasteiger partial charge < -0.3 is 10.2 Å². The Morgan fingerprint density at radius 1 is 1.44 bits per heavy atom. The number of rotatable bonds is 4. The Balaban J connectivity index is 1.61. The van der Waals surface area contributed by atoms with Gasteiger partial charge in [0.25, 0.3) is 11.5 Å². The summed E-state index contributed by atoms with van der Waals surface area (Å²) in [6.07, 6.45) is 5.68. The fourth-order valence-corrected chi connectivity index (χ4v) is 4.18. The topological polar surface area (TPSA) is 92.5 Å². The molecule has 0 aromatic carbocycles. The third-order valence-electron chi connectivity index (χ3n) is 4.58. The largest absolute Gasteiger partial charge is 0.347 e. The number of pyridine rings is 1. The molecule has 0 saturated carbocycles. The van der Waals surface area contributed by atoms with Gasteiger partial charge in [-0.15, -0.1) is 5.10 Å². The maximum absolute atomic E-state index is 12.7. The predicted octanol–water partition coefficient (Wildman–Crippen LogP) is 1.71. The molecule has 0 aliphatic carbocycles. The molecule has 1 atom stereocenters. The summed E-state index contributed by atoms with van der Waals surface area (Å²) in [5.41, 5.74) is 0.634. The monoisotopic (exact) mass is 384 g/mol. The number of hydrogen-bond donors (Lipinski definition) is 1. The van der Waals surface area contributed by atoms with Crippen LogP contribution in [0.3, 0.4) is 0 Å². The fourth-order valence-electron chi connectivity index (χ4n) is 3.23. The predicted molar refractivity (Wildman–Crippen MR) is 103 cm³/mol. The first-order chi connectivity index (χ1) is 13.1. The summed E-state index contributed by atoms with van der Waals surface area (Å²) in [5, 5.41) is 8.18. The summed E-state index contributed by atoms with van der Waals surface area (Å²) in [6, 6.07) is 4.91. The lowest BCUT2D eigenvalue weighted by Gasteiger charge is -2.30. The number of anilines is 1. The van der Waals surface area contributed by atoms with E-state index in [1.807, 2.05) is 12.1 Å². The average Bonchev–Trinajstić information content (AvgIpc) is 3.10. The number of carbonyl (C=O) groups excluding carboxylic acids is 1. The lowest BCUT2D eigenvalue weighted by molar-refractivity contribution is 0.0943. The molecule has 9 heteroatoms. The van der Waals surface area contributed by atoms with Crippen molar-refractivity contribution in [3.8, 4) is 0 Å². The van der Waals surface area contributed by atoms with E-state index in [0.29, 0.717) is 17.4 Å². The Morgan fingerprint density at radius 2 is 2.33 bits per heavy atom. The molecule has 0 radical (unpaired) electrons. The highest BCUT2D eigenvalue weighted by atomic mass is 32.1. The summed E-state index contributed by atoms with van der Waals surface area (Å²) in [6.45, 7) is 4.40. The Bertz CT molecular complexity index is 1020. The van der Waals surface area contributed by atoms with E-state index in [4.69, 9.17) is 0 Å². The van der Waals surface area contributed by atoms with Gasteiger partial charge in [0, 0.05) is 38.1 Å². The van der Waals surface area contributed by atoms with E-state index in [0.717, 1.165) is 30.2 Å². The number of aromatic nitrogens is 4. The summed E-state index contributed by atoms with van der Waals surface area (Å²) in [7, 11) is 0. The lowest BCUT2D eigenvalue weighted by Crippen LogP contribution is -2.34. The summed E-state index contributed by atoms with van der Waals surface area (Å²) < 4.78 is 1.47. The molecule has 1 aliphatic heterocycles. The third kappa shape index (κ3) is 3.82. The molecule has 8 nitrogen and oxygen atoms in total. The van der Waals surface area contributed by atoms with E-state index < -0.39 is 5.56 Å². The van der Waals surface area contributed by atoms with Crippen molar-refractivity contribution in [2.75, 3.05) is 18.0 Å². The first kappa shape index (κ1) is 17.6. The molecule has 1 unspecified atom stereocenters. The van der Waals surface area contributed by atoms with Gasteiger partial charge in [0.05, 0.1) is 0 Å². The van der Waals surface area contributed by atoms with Crippen molar-refractivity contribution in [3.05, 3.63) is 52.2 Å². The van der Waals surface area contributed by atoms with E-state index in [9.17, 15) is 9.59 Å². The van der Waals surface area contributed by atoms with Crippen molar-refractivity contribution >= 4 is 27.3 Å². The van der Waals surface area contributed by atoms with Crippen LogP contribution < -0.4 is 15.8 Å². The Hall–Kier alpha value is -2.81. The van der Waals surface area contributed by atoms with Gasteiger partial charge in [0.15, 0.2) is 0 Å². The minimum Gasteiger partial charge on any atom is -0.347 e. The zero-order valence-electron chi connectivity index (χ0n) is 15.0. The van der Waals surface area contributed by atoms with Crippen LogP contribution in [0.25, 0.3) is 4.96 Å². The number of hydrogen-bond acceptors (Lipinski definition) is 7. The van der Waals surface area contributed by atoms with Gasteiger partial charge in [0.1, 0.15) is 5.69 Å². The van der Waals surface area contributed by atoms with Gasteiger partial charge in [-0.2, -0.15) is 9.50 Å². The zero-order valence-corrected chi connectivity index (χ0v) is 15.8. The molecule has 4 rings (SSSR count). The number of carbonyl (C=O) groups is 1. The minimum atomic E-state index is -0.441. The Kier molecular flexibility index (Phi) is 4.85. The van der Waals surface area contributed by atoms with Gasteiger partial charge in [0.2, 0.25) is 10.1 Å². The van der Waals surface area contributed by atoms with E-state index in [1.54, 1.807) is 12.4 Å². The van der Waals surface area contributed by atoms with E-state index in [2.05, 4.69) is 32.2 Å². The van der Waals surface area contributed by atoms with Gasteiger partial charge in [-0.1, -0.05) is 24.3 Å². The molecular formula is C18H20N6O2S. The minimum absolute atomic E-state index is 0.196. The van der Waals surface area contributed by atoms with Crippen LogP contribution in [-0.4, -0.2) is 38.6 Å². The second-order valence-corrected chi connectivity index (χ2v) is 7.73. The molecular weight excluding hydrogens is 364 g/mol. The van der Waals surface area contributed by atoms with E-state index in [-0.39, 0.29) is 11.6 Å². The quantitative estimate of drug-likeness (QED) is 0.736. The Morgan fingerprint density at radius 3 is 3.11 bits per heavy atom. The SMILES string of the molecule is CC1CCCN(c2nn3c(C(=O)NCc4cccnc4)cc(=O)nc3s2)C1. The van der Waals surface area contributed by atoms with Crippen LogP contribution in [0, 0.1) is 5.92 Å². The average molecular weight is 384 g/mol. The van der Waals surface area contributed by atoms with Gasteiger partial charge in [-0.25, -0.2) is 0 Å². The number of piperidine rings is 1. The maximum atomic E-state index is 12.7. The van der Waals surface area contributed by atoms with Crippen molar-refractivity contribution in [2.45, 2.75) is 26.3 Å². The lowest BCUT2D eigenvalue weighted by atomic mass is 10.0. The van der Waals surface area contributed by atoms with Crippen molar-refractivity contribution in [1.29, 1.82) is 0 Å². The molecule has 1 amide bonds. The summed E-state index contributed by atoms with van der Waals surface area (Å²) in [4.78, 5) is 35.3. The molecule has 140 valence electrons. The molecule has 0 spiro atoms. The Labute approximate surface area is 159 Å². The molecule has 3 aromatic rings. The van der Waals surface area contributed by atoms with Crippen LogP contribution in [0.2, 0.25) is 0 Å². The highest BCUT2D eigenvalue weighted by Gasteiger charge is 2.22. The highest BCUT2D eigenvalue weighted by molar-refractivity contribution is 7.20. The standard InChI is InChI=1S/C18H20N6O2S/c1-12-4-3-7-23(11-12)18-22-24-14(8-15(25)21-17(24)27-18)16(26)20-10-13-5-2-6-19-9-13/h2,5-6,8-9,12H,3-4,7,10-11H2,1H3,(H,20,26). The number of nitrogens with one attached hydrogen (secondary N) is 1. The first-order valence-electron chi connectivity index (χ1n) is 8.93. The van der Waals surface area contributed by atoms with Crippen LogP contribution in [0.5, 0.6) is 0 Å². The van der Waals surface area contributed by atoms with Crippen molar-refractivity contribution in [2.24, 2.45) is 5.92 Å².